The molecular weight excluding hydrogens is 276 g/mol. The molecule has 0 heterocycles. The van der Waals surface area contributed by atoms with E-state index in [1.807, 2.05) is 19.9 Å². The average Bonchev–Trinajstić information content (AvgIpc) is 2.09. The molecule has 0 saturated carbocycles. The fourth-order valence-electron chi connectivity index (χ4n) is 1.84. The number of hydrogen-bond acceptors (Lipinski definition) is 1. The van der Waals surface area contributed by atoms with E-state index in [-0.39, 0.29) is 5.04 Å². The van der Waals surface area contributed by atoms with Crippen LogP contribution < -0.4 is 0 Å². The Morgan fingerprint density at radius 3 is 1.80 bits per heavy atom. The van der Waals surface area contributed by atoms with Gasteiger partial charge >= 0.3 is 0 Å². The van der Waals surface area contributed by atoms with Crippen LogP contribution in [0.4, 0.5) is 0 Å². The third kappa shape index (κ3) is 6.92. The first-order valence-corrected chi connectivity index (χ1v) is 14.5. The molecule has 0 saturated heterocycles. The SMILES string of the molecule is CC(C)=CC(O)(C#C[Si](C)(C)C)CC(C)(C)[Si](C)(C)C. The van der Waals surface area contributed by atoms with E-state index in [0.29, 0.717) is 0 Å². The molecule has 0 aliphatic rings. The van der Waals surface area contributed by atoms with Gasteiger partial charge in [-0.3, -0.25) is 0 Å². The van der Waals surface area contributed by atoms with Gasteiger partial charge in [-0.05, 0) is 31.4 Å². The smallest absolute Gasteiger partial charge is 0.143 e. The lowest BCUT2D eigenvalue weighted by atomic mass is 9.90. The van der Waals surface area contributed by atoms with Crippen LogP contribution in [0.2, 0.25) is 44.3 Å². The number of rotatable bonds is 4. The Bertz CT molecular complexity index is 421. The largest absolute Gasteiger partial charge is 0.374 e. The molecule has 0 radical (unpaired) electrons. The second-order valence-corrected chi connectivity index (χ2v) is 19.6. The fraction of sp³-hybridized carbons (Fsp3) is 0.765. The van der Waals surface area contributed by atoms with Crippen molar-refractivity contribution in [3.63, 3.8) is 0 Å². The van der Waals surface area contributed by atoms with Crippen LogP contribution >= 0.6 is 0 Å². The molecule has 20 heavy (non-hydrogen) atoms. The molecule has 0 aromatic carbocycles. The predicted molar refractivity (Wildman–Crippen MR) is 97.5 cm³/mol. The second kappa shape index (κ2) is 6.21. The summed E-state index contributed by atoms with van der Waals surface area (Å²) in [4.78, 5) is 0. The van der Waals surface area contributed by atoms with Crippen molar-refractivity contribution < 1.29 is 5.11 Å². The molecule has 0 aliphatic carbocycles. The fourth-order valence-corrected chi connectivity index (χ4v) is 3.23. The van der Waals surface area contributed by atoms with Crippen LogP contribution in [0.25, 0.3) is 0 Å². The van der Waals surface area contributed by atoms with Crippen molar-refractivity contribution in [2.75, 3.05) is 0 Å². The molecule has 1 N–H and O–H groups in total. The van der Waals surface area contributed by atoms with Crippen LogP contribution in [0.15, 0.2) is 11.6 Å². The van der Waals surface area contributed by atoms with E-state index in [0.717, 1.165) is 12.0 Å². The molecule has 1 atom stereocenters. The lowest BCUT2D eigenvalue weighted by Crippen LogP contribution is -2.41. The zero-order valence-corrected chi connectivity index (χ0v) is 17.2. The van der Waals surface area contributed by atoms with Gasteiger partial charge in [0.2, 0.25) is 0 Å². The zero-order chi connectivity index (χ0) is 16.4. The number of aliphatic hydroxyl groups is 1. The minimum absolute atomic E-state index is 0.141. The molecule has 0 aromatic rings. The second-order valence-electron chi connectivity index (χ2n) is 8.96. The summed E-state index contributed by atoms with van der Waals surface area (Å²) >= 11 is 0. The van der Waals surface area contributed by atoms with Gasteiger partial charge in [0.1, 0.15) is 13.7 Å². The Morgan fingerprint density at radius 2 is 1.50 bits per heavy atom. The van der Waals surface area contributed by atoms with Crippen LogP contribution in [0.1, 0.15) is 34.1 Å². The summed E-state index contributed by atoms with van der Waals surface area (Å²) in [7, 11) is -2.84. The van der Waals surface area contributed by atoms with Gasteiger partial charge in [-0.25, -0.2) is 0 Å². The summed E-state index contributed by atoms with van der Waals surface area (Å²) in [6, 6.07) is 0. The highest BCUT2D eigenvalue weighted by Crippen LogP contribution is 2.44. The van der Waals surface area contributed by atoms with E-state index in [2.05, 4.69) is 64.6 Å². The van der Waals surface area contributed by atoms with Gasteiger partial charge in [0.15, 0.2) is 0 Å². The first kappa shape index (κ1) is 19.7. The van der Waals surface area contributed by atoms with E-state index < -0.39 is 21.7 Å². The van der Waals surface area contributed by atoms with Crippen molar-refractivity contribution >= 4 is 16.1 Å². The van der Waals surface area contributed by atoms with Gasteiger partial charge in [-0.15, -0.1) is 5.54 Å². The molecule has 1 unspecified atom stereocenters. The molecular formula is C17H34OSi2. The molecule has 0 spiro atoms. The van der Waals surface area contributed by atoms with Crippen LogP contribution in [-0.2, 0) is 0 Å². The van der Waals surface area contributed by atoms with E-state index in [4.69, 9.17) is 0 Å². The Kier molecular flexibility index (Phi) is 6.12. The Balaban J connectivity index is 5.59. The van der Waals surface area contributed by atoms with E-state index in [9.17, 15) is 5.11 Å². The zero-order valence-electron chi connectivity index (χ0n) is 15.2. The summed E-state index contributed by atoms with van der Waals surface area (Å²) in [6.07, 6.45) is 2.67. The van der Waals surface area contributed by atoms with Gasteiger partial charge in [-0.1, -0.05) is 64.6 Å². The van der Waals surface area contributed by atoms with Crippen molar-refractivity contribution in [3.05, 3.63) is 11.6 Å². The topological polar surface area (TPSA) is 20.2 Å². The number of allylic oxidation sites excluding steroid dienone is 1. The monoisotopic (exact) mass is 310 g/mol. The van der Waals surface area contributed by atoms with Crippen molar-refractivity contribution in [2.45, 2.75) is 84.0 Å². The lowest BCUT2D eigenvalue weighted by molar-refractivity contribution is 0.128. The van der Waals surface area contributed by atoms with E-state index in [1.54, 1.807) is 0 Å². The van der Waals surface area contributed by atoms with Crippen molar-refractivity contribution in [3.8, 4) is 11.5 Å². The van der Waals surface area contributed by atoms with Crippen LogP contribution in [0, 0.1) is 11.5 Å². The first-order valence-electron chi connectivity index (χ1n) is 7.51. The minimum atomic E-state index is -1.48. The lowest BCUT2D eigenvalue weighted by Gasteiger charge is -2.41. The molecule has 0 aromatic heterocycles. The average molecular weight is 311 g/mol. The molecule has 0 aliphatic heterocycles. The van der Waals surface area contributed by atoms with E-state index in [1.165, 1.54) is 0 Å². The minimum Gasteiger partial charge on any atom is -0.374 e. The first-order chi connectivity index (χ1) is 8.58. The van der Waals surface area contributed by atoms with Crippen LogP contribution in [-0.4, -0.2) is 26.9 Å². The maximum absolute atomic E-state index is 11.0. The third-order valence-corrected chi connectivity index (χ3v) is 9.04. The molecule has 0 fully saturated rings. The highest BCUT2D eigenvalue weighted by molar-refractivity contribution is 6.83. The van der Waals surface area contributed by atoms with Gasteiger partial charge in [0.25, 0.3) is 0 Å². The maximum Gasteiger partial charge on any atom is 0.143 e. The molecule has 0 rings (SSSR count). The summed E-state index contributed by atoms with van der Waals surface area (Å²) in [6.45, 7) is 22.3. The molecule has 1 nitrogen and oxygen atoms in total. The van der Waals surface area contributed by atoms with Crippen molar-refractivity contribution in [2.24, 2.45) is 0 Å². The normalized spacial score (nSPS) is 15.9. The summed E-state index contributed by atoms with van der Waals surface area (Å²) in [5.41, 5.74) is 3.50. The quantitative estimate of drug-likeness (QED) is 0.436. The molecule has 116 valence electrons. The van der Waals surface area contributed by atoms with Gasteiger partial charge in [0.05, 0.1) is 8.07 Å². The highest BCUT2D eigenvalue weighted by atomic mass is 28.3. The molecule has 0 amide bonds. The van der Waals surface area contributed by atoms with Gasteiger partial charge in [-0.2, -0.15) is 0 Å². The third-order valence-electron chi connectivity index (χ3n) is 3.92. The maximum atomic E-state index is 11.0. The molecule has 3 heteroatoms. The van der Waals surface area contributed by atoms with Crippen molar-refractivity contribution in [1.82, 2.24) is 0 Å². The summed E-state index contributed by atoms with van der Waals surface area (Å²) in [5.74, 6) is 3.21. The highest BCUT2D eigenvalue weighted by Gasteiger charge is 2.40. The standard InChI is InChI=1S/C17H34OSi2/c1-15(2)13-17(18,11-12-19(5,6)7)14-16(3,4)20(8,9)10/h13,18H,14H2,1-10H3. The summed E-state index contributed by atoms with van der Waals surface area (Å²) < 4.78 is 0. The van der Waals surface area contributed by atoms with Gasteiger partial charge in [0, 0.05) is 0 Å². The number of hydrogen-bond donors (Lipinski definition) is 1. The van der Waals surface area contributed by atoms with Gasteiger partial charge < -0.3 is 5.11 Å². The Labute approximate surface area is 128 Å². The van der Waals surface area contributed by atoms with Crippen molar-refractivity contribution in [1.29, 1.82) is 0 Å². The van der Waals surface area contributed by atoms with Crippen LogP contribution in [0.3, 0.4) is 0 Å². The Morgan fingerprint density at radius 1 is 1.05 bits per heavy atom. The predicted octanol–water partition coefficient (Wildman–Crippen LogP) is 5.07. The Hall–Kier alpha value is -0.306. The van der Waals surface area contributed by atoms with E-state index >= 15 is 0 Å². The summed E-state index contributed by atoms with van der Waals surface area (Å²) in [5, 5.41) is 11.2. The van der Waals surface area contributed by atoms with Crippen LogP contribution in [0.5, 0.6) is 0 Å². The molecule has 0 bridgehead atoms.